The average molecular weight is 514 g/mol. The Hall–Kier alpha value is -3.33. The summed E-state index contributed by atoms with van der Waals surface area (Å²) in [5.41, 5.74) is 4.97. The molecular weight excluding hydrogens is 483 g/mol. The van der Waals surface area contributed by atoms with Crippen molar-refractivity contribution in [2.24, 2.45) is 5.92 Å². The number of allylic oxidation sites excluding steroid dienone is 1. The maximum absolute atomic E-state index is 14.9. The molecule has 1 aromatic carbocycles. The summed E-state index contributed by atoms with van der Waals surface area (Å²) in [7, 11) is 0. The number of carbonyl (C=O) groups excluding carboxylic acids is 1. The molecule has 0 saturated carbocycles. The van der Waals surface area contributed by atoms with Gasteiger partial charge >= 0.3 is 11.9 Å². The van der Waals surface area contributed by atoms with Gasteiger partial charge < -0.3 is 14.2 Å². The van der Waals surface area contributed by atoms with E-state index in [1.54, 1.807) is 18.2 Å². The Morgan fingerprint density at radius 3 is 2.78 bits per heavy atom. The summed E-state index contributed by atoms with van der Waals surface area (Å²) >= 11 is 0. The predicted octanol–water partition coefficient (Wildman–Crippen LogP) is 5.17. The van der Waals surface area contributed by atoms with Gasteiger partial charge in [0.05, 0.1) is 19.0 Å². The smallest absolute Gasteiger partial charge is 0.377 e. The maximum atomic E-state index is 14.9. The van der Waals surface area contributed by atoms with E-state index in [0.717, 1.165) is 22.4 Å². The number of esters is 1. The van der Waals surface area contributed by atoms with Gasteiger partial charge in [-0.2, -0.15) is 8.78 Å². The van der Waals surface area contributed by atoms with Crippen LogP contribution in [0, 0.1) is 5.92 Å². The number of fused-ring (bicyclic) bond motifs is 2. The third-order valence-electron chi connectivity index (χ3n) is 7.08. The van der Waals surface area contributed by atoms with Gasteiger partial charge in [-0.3, -0.25) is 9.29 Å². The SMILES string of the molecule is CCOC(=O)C(F)(F)CC1=C(c2ccn3cc(CN4CC(CF)C4)nc3c2)c2ccc(O)cc2CCC1. The fraction of sp³-hybridized carbons (Fsp3) is 0.429. The predicted molar refractivity (Wildman–Crippen MR) is 133 cm³/mol. The van der Waals surface area contributed by atoms with Gasteiger partial charge in [-0.1, -0.05) is 11.6 Å². The first-order valence-electron chi connectivity index (χ1n) is 12.6. The van der Waals surface area contributed by atoms with Gasteiger partial charge in [-0.05, 0) is 72.7 Å². The number of halogens is 3. The number of pyridine rings is 1. The number of aromatic hydroxyl groups is 1. The van der Waals surface area contributed by atoms with Crippen molar-refractivity contribution in [2.75, 3.05) is 26.4 Å². The van der Waals surface area contributed by atoms with Gasteiger partial charge in [0.25, 0.3) is 0 Å². The molecule has 0 spiro atoms. The summed E-state index contributed by atoms with van der Waals surface area (Å²) in [5, 5.41) is 10.1. The molecule has 1 aliphatic carbocycles. The summed E-state index contributed by atoms with van der Waals surface area (Å²) in [5.74, 6) is -4.97. The lowest BCUT2D eigenvalue weighted by atomic mass is 9.88. The molecule has 5 rings (SSSR count). The minimum atomic E-state index is -3.66. The number of hydrogen-bond donors (Lipinski definition) is 1. The quantitative estimate of drug-likeness (QED) is 0.421. The molecule has 2 aliphatic rings. The standard InChI is InChI=1S/C28H30F3N3O3/c1-2-37-27(36)28(30,31)12-21-5-3-4-19-10-23(35)6-7-24(19)26(21)20-8-9-34-17-22(32-25(34)11-20)16-33-14-18(13-29)15-33/h6-11,17-18,35H,2-5,12-16H2,1H3. The first-order valence-corrected chi connectivity index (χ1v) is 12.6. The molecule has 1 N–H and O–H groups in total. The zero-order valence-electron chi connectivity index (χ0n) is 20.7. The number of imidazole rings is 1. The third-order valence-corrected chi connectivity index (χ3v) is 7.08. The number of hydrogen-bond acceptors (Lipinski definition) is 5. The molecule has 0 unspecified atom stereocenters. The molecule has 2 aromatic heterocycles. The molecule has 3 aromatic rings. The second kappa shape index (κ2) is 10.2. The monoisotopic (exact) mass is 513 g/mol. The van der Waals surface area contributed by atoms with Crippen LogP contribution < -0.4 is 0 Å². The van der Waals surface area contributed by atoms with Crippen molar-refractivity contribution in [1.29, 1.82) is 0 Å². The Bertz CT molecular complexity index is 1340. The summed E-state index contributed by atoms with van der Waals surface area (Å²) in [4.78, 5) is 18.9. The van der Waals surface area contributed by atoms with E-state index in [1.807, 2.05) is 28.9 Å². The van der Waals surface area contributed by atoms with E-state index >= 15 is 0 Å². The van der Waals surface area contributed by atoms with Gasteiger partial charge in [-0.15, -0.1) is 0 Å². The number of likely N-dealkylation sites (tertiary alicyclic amines) is 1. The molecule has 1 aliphatic heterocycles. The highest BCUT2D eigenvalue weighted by Crippen LogP contribution is 2.41. The Balaban J connectivity index is 1.55. The highest BCUT2D eigenvalue weighted by atomic mass is 19.3. The Kier molecular flexibility index (Phi) is 6.98. The van der Waals surface area contributed by atoms with Crippen LogP contribution in [0.5, 0.6) is 5.75 Å². The number of phenols is 1. The summed E-state index contributed by atoms with van der Waals surface area (Å²) in [6.07, 6.45) is 4.64. The van der Waals surface area contributed by atoms with E-state index in [9.17, 15) is 23.1 Å². The normalized spacial score (nSPS) is 17.0. The lowest BCUT2D eigenvalue weighted by Crippen LogP contribution is -2.46. The van der Waals surface area contributed by atoms with Crippen LogP contribution in [0.25, 0.3) is 11.2 Å². The first kappa shape index (κ1) is 25.3. The van der Waals surface area contributed by atoms with Crippen molar-refractivity contribution >= 4 is 17.2 Å². The summed E-state index contributed by atoms with van der Waals surface area (Å²) < 4.78 is 49.2. The molecule has 196 valence electrons. The van der Waals surface area contributed by atoms with Gasteiger partial charge in [0.15, 0.2) is 0 Å². The van der Waals surface area contributed by atoms with Gasteiger partial charge in [0.2, 0.25) is 0 Å². The topological polar surface area (TPSA) is 67.1 Å². The molecule has 0 bridgehead atoms. The number of ether oxygens (including phenoxy) is 1. The zero-order chi connectivity index (χ0) is 26.2. The van der Waals surface area contributed by atoms with Crippen LogP contribution in [0.4, 0.5) is 13.2 Å². The van der Waals surface area contributed by atoms with Crippen molar-refractivity contribution in [2.45, 2.75) is 45.1 Å². The van der Waals surface area contributed by atoms with Crippen LogP contribution in [0.2, 0.25) is 0 Å². The number of benzene rings is 1. The van der Waals surface area contributed by atoms with Crippen molar-refractivity contribution < 1.29 is 27.8 Å². The van der Waals surface area contributed by atoms with E-state index < -0.39 is 18.3 Å². The zero-order valence-corrected chi connectivity index (χ0v) is 20.7. The maximum Gasteiger partial charge on any atom is 0.377 e. The van der Waals surface area contributed by atoms with Crippen LogP contribution in [0.1, 0.15) is 48.6 Å². The van der Waals surface area contributed by atoms with E-state index in [4.69, 9.17) is 4.98 Å². The molecule has 37 heavy (non-hydrogen) atoms. The van der Waals surface area contributed by atoms with E-state index in [-0.39, 0.29) is 24.9 Å². The molecular formula is C28H30F3N3O3. The number of aryl methyl sites for hydroxylation is 1. The number of alkyl halides is 3. The highest BCUT2D eigenvalue weighted by Gasteiger charge is 2.42. The first-order chi connectivity index (χ1) is 17.8. The number of carbonyl (C=O) groups is 1. The second-order valence-corrected chi connectivity index (χ2v) is 9.90. The second-order valence-electron chi connectivity index (χ2n) is 9.90. The Labute approximate surface area is 213 Å². The van der Waals surface area contributed by atoms with Crippen LogP contribution in [-0.4, -0.2) is 57.7 Å². The molecule has 3 heterocycles. The lowest BCUT2D eigenvalue weighted by molar-refractivity contribution is -0.171. The van der Waals surface area contributed by atoms with Gasteiger partial charge in [0.1, 0.15) is 11.4 Å². The van der Waals surface area contributed by atoms with Crippen LogP contribution in [0.15, 0.2) is 48.3 Å². The van der Waals surface area contributed by atoms with Crippen molar-refractivity contribution in [3.05, 3.63) is 70.7 Å². The molecule has 0 amide bonds. The molecule has 1 saturated heterocycles. The molecule has 6 nitrogen and oxygen atoms in total. The molecule has 1 fully saturated rings. The Morgan fingerprint density at radius 2 is 2.03 bits per heavy atom. The van der Waals surface area contributed by atoms with E-state index in [2.05, 4.69) is 9.64 Å². The van der Waals surface area contributed by atoms with Gasteiger partial charge in [0, 0.05) is 44.4 Å². The average Bonchev–Trinajstić information content (AvgIpc) is 3.15. The number of phenolic OH excluding ortho intramolecular Hbond substituents is 1. The van der Waals surface area contributed by atoms with E-state index in [1.165, 1.54) is 6.92 Å². The molecule has 0 radical (unpaired) electrons. The molecule has 0 atom stereocenters. The minimum absolute atomic E-state index is 0.0940. The fourth-order valence-corrected chi connectivity index (χ4v) is 5.35. The third kappa shape index (κ3) is 5.23. The molecule has 9 heteroatoms. The number of aromatic nitrogens is 2. The number of nitrogens with zero attached hydrogens (tertiary/aromatic N) is 3. The Morgan fingerprint density at radius 1 is 1.22 bits per heavy atom. The van der Waals surface area contributed by atoms with Crippen LogP contribution in [0.3, 0.4) is 0 Å². The highest BCUT2D eigenvalue weighted by molar-refractivity contribution is 5.86. The van der Waals surface area contributed by atoms with E-state index in [0.29, 0.717) is 55.7 Å². The summed E-state index contributed by atoms with van der Waals surface area (Å²) in [6, 6.07) is 8.70. The number of rotatable bonds is 8. The largest absolute Gasteiger partial charge is 0.508 e. The minimum Gasteiger partial charge on any atom is -0.508 e. The summed E-state index contributed by atoms with van der Waals surface area (Å²) in [6.45, 7) is 3.12. The van der Waals surface area contributed by atoms with Crippen molar-refractivity contribution in [1.82, 2.24) is 14.3 Å². The fourth-order valence-electron chi connectivity index (χ4n) is 5.35. The van der Waals surface area contributed by atoms with Crippen LogP contribution >= 0.6 is 0 Å². The van der Waals surface area contributed by atoms with Crippen molar-refractivity contribution in [3.8, 4) is 5.75 Å². The van der Waals surface area contributed by atoms with Gasteiger partial charge in [-0.25, -0.2) is 9.78 Å². The van der Waals surface area contributed by atoms with Crippen molar-refractivity contribution in [3.63, 3.8) is 0 Å². The lowest BCUT2D eigenvalue weighted by Gasteiger charge is -2.37. The van der Waals surface area contributed by atoms with Crippen LogP contribution in [-0.2, 0) is 22.5 Å².